The smallest absolute Gasteiger partial charge is 0.0470 e. The number of hydrogen-bond acceptors (Lipinski definition) is 2. The lowest BCUT2D eigenvalue weighted by atomic mass is 10.0. The average molecular weight is 255 g/mol. The van der Waals surface area contributed by atoms with Crippen LogP contribution < -0.4 is 5.73 Å². The third kappa shape index (κ3) is 4.30. The Bertz CT molecular complexity index is 321. The van der Waals surface area contributed by atoms with Crippen LogP contribution in [-0.2, 0) is 0 Å². The fourth-order valence-electron chi connectivity index (χ4n) is 2.13. The lowest BCUT2D eigenvalue weighted by Gasteiger charge is -2.31. The Balaban J connectivity index is 2.84. The molecular formula is C14H23ClN2. The highest BCUT2D eigenvalue weighted by atomic mass is 35.5. The van der Waals surface area contributed by atoms with Crippen molar-refractivity contribution in [2.45, 2.75) is 26.8 Å². The van der Waals surface area contributed by atoms with Crippen molar-refractivity contribution >= 4 is 11.6 Å². The van der Waals surface area contributed by atoms with Crippen LogP contribution in [-0.4, -0.2) is 24.5 Å². The van der Waals surface area contributed by atoms with Crippen molar-refractivity contribution in [2.75, 3.05) is 19.6 Å². The highest BCUT2D eigenvalue weighted by Crippen LogP contribution is 2.22. The maximum Gasteiger partial charge on any atom is 0.0470 e. The van der Waals surface area contributed by atoms with Crippen LogP contribution in [0.2, 0.25) is 5.02 Å². The highest BCUT2D eigenvalue weighted by molar-refractivity contribution is 6.30. The summed E-state index contributed by atoms with van der Waals surface area (Å²) in [7, 11) is 0. The fourth-order valence-corrected chi connectivity index (χ4v) is 2.25. The molecule has 2 N–H and O–H groups in total. The Morgan fingerprint density at radius 2 is 1.82 bits per heavy atom. The molecule has 1 aromatic rings. The van der Waals surface area contributed by atoms with Crippen LogP contribution in [0.1, 0.15) is 32.4 Å². The van der Waals surface area contributed by atoms with E-state index in [1.54, 1.807) is 0 Å². The zero-order valence-corrected chi connectivity index (χ0v) is 11.7. The molecule has 0 fully saturated rings. The molecule has 17 heavy (non-hydrogen) atoms. The Morgan fingerprint density at radius 1 is 1.24 bits per heavy atom. The topological polar surface area (TPSA) is 29.3 Å². The molecule has 2 nitrogen and oxygen atoms in total. The molecule has 1 rings (SSSR count). The number of rotatable bonds is 6. The summed E-state index contributed by atoms with van der Waals surface area (Å²) in [6.07, 6.45) is 0. The van der Waals surface area contributed by atoms with E-state index in [4.69, 9.17) is 17.3 Å². The molecule has 0 aliphatic rings. The van der Waals surface area contributed by atoms with Gasteiger partial charge in [-0.1, -0.05) is 44.5 Å². The number of hydrogen-bond donors (Lipinski definition) is 1. The SMILES string of the molecule is CCN(CC(C)C)C(CN)c1ccc(Cl)cc1. The fraction of sp³-hybridized carbons (Fsp3) is 0.571. The van der Waals surface area contributed by atoms with Crippen LogP contribution in [0.3, 0.4) is 0 Å². The number of nitrogens with zero attached hydrogens (tertiary/aromatic N) is 1. The van der Waals surface area contributed by atoms with E-state index < -0.39 is 0 Å². The van der Waals surface area contributed by atoms with Crippen molar-refractivity contribution < 1.29 is 0 Å². The van der Waals surface area contributed by atoms with Gasteiger partial charge in [0.15, 0.2) is 0 Å². The Hall–Kier alpha value is -0.570. The Kier molecular flexibility index (Phi) is 5.96. The summed E-state index contributed by atoms with van der Waals surface area (Å²) in [5.41, 5.74) is 7.17. The van der Waals surface area contributed by atoms with Gasteiger partial charge in [0, 0.05) is 24.2 Å². The molecule has 3 heteroatoms. The van der Waals surface area contributed by atoms with Crippen LogP contribution in [0.5, 0.6) is 0 Å². The summed E-state index contributed by atoms with van der Waals surface area (Å²) in [6.45, 7) is 9.38. The van der Waals surface area contributed by atoms with Gasteiger partial charge in [-0.2, -0.15) is 0 Å². The Morgan fingerprint density at radius 3 is 2.24 bits per heavy atom. The van der Waals surface area contributed by atoms with Crippen molar-refractivity contribution in [2.24, 2.45) is 11.7 Å². The van der Waals surface area contributed by atoms with Crippen molar-refractivity contribution in [1.29, 1.82) is 0 Å². The molecule has 1 atom stereocenters. The molecule has 0 saturated heterocycles. The molecule has 0 aromatic heterocycles. The van der Waals surface area contributed by atoms with Gasteiger partial charge in [-0.3, -0.25) is 4.90 Å². The maximum atomic E-state index is 5.92. The molecule has 0 radical (unpaired) electrons. The van der Waals surface area contributed by atoms with E-state index in [0.717, 1.165) is 18.1 Å². The zero-order chi connectivity index (χ0) is 12.8. The molecule has 0 aliphatic heterocycles. The van der Waals surface area contributed by atoms with Crippen LogP contribution in [0.4, 0.5) is 0 Å². The number of halogens is 1. The minimum absolute atomic E-state index is 0.291. The molecule has 0 heterocycles. The van der Waals surface area contributed by atoms with Gasteiger partial charge in [0.25, 0.3) is 0 Å². The molecule has 0 aliphatic carbocycles. The predicted molar refractivity (Wildman–Crippen MR) is 75.3 cm³/mol. The molecule has 1 aromatic carbocycles. The van der Waals surface area contributed by atoms with Crippen molar-refractivity contribution in [3.8, 4) is 0 Å². The molecule has 0 amide bonds. The van der Waals surface area contributed by atoms with E-state index in [1.807, 2.05) is 12.1 Å². The largest absolute Gasteiger partial charge is 0.329 e. The normalized spacial score (nSPS) is 13.4. The van der Waals surface area contributed by atoms with Gasteiger partial charge in [-0.25, -0.2) is 0 Å². The van der Waals surface area contributed by atoms with Crippen molar-refractivity contribution in [3.63, 3.8) is 0 Å². The van der Waals surface area contributed by atoms with Gasteiger partial charge in [-0.15, -0.1) is 0 Å². The minimum atomic E-state index is 0.291. The van der Waals surface area contributed by atoms with Gasteiger partial charge < -0.3 is 5.73 Å². The standard InChI is InChI=1S/C14H23ClN2/c1-4-17(10-11(2)3)14(9-16)12-5-7-13(15)8-6-12/h5-8,11,14H,4,9-10,16H2,1-3H3. The predicted octanol–water partition coefficient (Wildman–Crippen LogP) is 3.32. The lowest BCUT2D eigenvalue weighted by Crippen LogP contribution is -2.36. The molecule has 1 unspecified atom stereocenters. The Labute approximate surface area is 110 Å². The monoisotopic (exact) mass is 254 g/mol. The third-order valence-electron chi connectivity index (χ3n) is 2.92. The van der Waals surface area contributed by atoms with Crippen LogP contribution >= 0.6 is 11.6 Å². The van der Waals surface area contributed by atoms with Crippen molar-refractivity contribution in [1.82, 2.24) is 4.90 Å². The summed E-state index contributed by atoms with van der Waals surface area (Å²) in [5.74, 6) is 0.649. The first-order chi connectivity index (χ1) is 8.08. The minimum Gasteiger partial charge on any atom is -0.329 e. The maximum absolute atomic E-state index is 5.92. The van der Waals surface area contributed by atoms with Gasteiger partial charge in [-0.05, 0) is 30.2 Å². The number of benzene rings is 1. The summed E-state index contributed by atoms with van der Waals surface area (Å²) in [5, 5.41) is 0.774. The van der Waals surface area contributed by atoms with E-state index in [-0.39, 0.29) is 0 Å². The summed E-state index contributed by atoms with van der Waals surface area (Å²) < 4.78 is 0. The third-order valence-corrected chi connectivity index (χ3v) is 3.18. The summed E-state index contributed by atoms with van der Waals surface area (Å²) >= 11 is 5.91. The van der Waals surface area contributed by atoms with E-state index in [1.165, 1.54) is 5.56 Å². The molecule has 0 bridgehead atoms. The molecule has 0 saturated carbocycles. The van der Waals surface area contributed by atoms with Gasteiger partial charge in [0.1, 0.15) is 0 Å². The summed E-state index contributed by atoms with van der Waals surface area (Å²) in [6, 6.07) is 8.30. The van der Waals surface area contributed by atoms with Crippen LogP contribution in [0.25, 0.3) is 0 Å². The first-order valence-corrected chi connectivity index (χ1v) is 6.65. The first kappa shape index (κ1) is 14.5. The molecular weight excluding hydrogens is 232 g/mol. The van der Waals surface area contributed by atoms with Crippen molar-refractivity contribution in [3.05, 3.63) is 34.9 Å². The number of nitrogens with two attached hydrogens (primary N) is 1. The summed E-state index contributed by atoms with van der Waals surface area (Å²) in [4.78, 5) is 2.42. The first-order valence-electron chi connectivity index (χ1n) is 6.28. The van der Waals surface area contributed by atoms with Gasteiger partial charge in [0.2, 0.25) is 0 Å². The zero-order valence-electron chi connectivity index (χ0n) is 11.0. The second-order valence-electron chi connectivity index (χ2n) is 4.78. The van der Waals surface area contributed by atoms with E-state index in [2.05, 4.69) is 37.8 Å². The van der Waals surface area contributed by atoms with E-state index in [9.17, 15) is 0 Å². The van der Waals surface area contributed by atoms with Gasteiger partial charge in [0.05, 0.1) is 0 Å². The second kappa shape index (κ2) is 7.00. The lowest BCUT2D eigenvalue weighted by molar-refractivity contribution is 0.189. The van der Waals surface area contributed by atoms with E-state index in [0.29, 0.717) is 18.5 Å². The van der Waals surface area contributed by atoms with Gasteiger partial charge >= 0.3 is 0 Å². The molecule has 96 valence electrons. The van der Waals surface area contributed by atoms with Crippen LogP contribution in [0, 0.1) is 5.92 Å². The highest BCUT2D eigenvalue weighted by Gasteiger charge is 2.18. The quantitative estimate of drug-likeness (QED) is 0.844. The van der Waals surface area contributed by atoms with Crippen LogP contribution in [0.15, 0.2) is 24.3 Å². The second-order valence-corrected chi connectivity index (χ2v) is 5.22. The van der Waals surface area contributed by atoms with E-state index >= 15 is 0 Å². The molecule has 0 spiro atoms. The average Bonchev–Trinajstić information content (AvgIpc) is 2.30. The number of likely N-dealkylation sites (N-methyl/N-ethyl adjacent to an activating group) is 1.